The van der Waals surface area contributed by atoms with Gasteiger partial charge in [-0.15, -0.1) is 0 Å². The number of amides is 1. The Morgan fingerprint density at radius 3 is 3.00 bits per heavy atom. The molecular formula is C23H27N3O2. The third-order valence-electron chi connectivity index (χ3n) is 6.38. The monoisotopic (exact) mass is 377 g/mol. The normalized spacial score (nSPS) is 19.4. The van der Waals surface area contributed by atoms with Gasteiger partial charge in [0.05, 0.1) is 24.4 Å². The average molecular weight is 377 g/mol. The predicted octanol–water partition coefficient (Wildman–Crippen LogP) is 4.14. The van der Waals surface area contributed by atoms with Crippen molar-refractivity contribution < 1.29 is 9.21 Å². The number of nitrogens with zero attached hydrogens (tertiary/aromatic N) is 3. The van der Waals surface area contributed by atoms with E-state index in [9.17, 15) is 4.79 Å². The van der Waals surface area contributed by atoms with E-state index in [0.717, 1.165) is 54.7 Å². The summed E-state index contributed by atoms with van der Waals surface area (Å²) >= 11 is 0. The van der Waals surface area contributed by atoms with E-state index >= 15 is 0 Å². The highest BCUT2D eigenvalue weighted by atomic mass is 16.3. The molecule has 146 valence electrons. The molecule has 1 aromatic carbocycles. The van der Waals surface area contributed by atoms with Crippen LogP contribution < -0.4 is 0 Å². The third-order valence-corrected chi connectivity index (χ3v) is 6.38. The second-order valence-corrected chi connectivity index (χ2v) is 8.35. The first-order valence-corrected chi connectivity index (χ1v) is 10.4. The van der Waals surface area contributed by atoms with Crippen LogP contribution >= 0.6 is 0 Å². The number of aromatic nitrogens is 2. The topological polar surface area (TPSA) is 51.3 Å². The number of imidazole rings is 1. The lowest BCUT2D eigenvalue weighted by Crippen LogP contribution is -2.30. The molecule has 5 rings (SSSR count). The number of likely N-dealkylation sites (tertiary alicyclic amines) is 1. The smallest absolute Gasteiger partial charge is 0.227 e. The van der Waals surface area contributed by atoms with E-state index in [1.807, 2.05) is 17.9 Å². The number of furan rings is 1. The van der Waals surface area contributed by atoms with Crippen LogP contribution in [0, 0.1) is 13.8 Å². The molecule has 0 spiro atoms. The minimum absolute atomic E-state index is 0.192. The first-order chi connectivity index (χ1) is 13.6. The Morgan fingerprint density at radius 2 is 2.11 bits per heavy atom. The van der Waals surface area contributed by atoms with Crippen molar-refractivity contribution >= 4 is 16.9 Å². The fourth-order valence-corrected chi connectivity index (χ4v) is 4.96. The maximum absolute atomic E-state index is 13.0. The summed E-state index contributed by atoms with van der Waals surface area (Å²) in [7, 11) is 0. The van der Waals surface area contributed by atoms with E-state index in [1.54, 1.807) is 6.26 Å². The van der Waals surface area contributed by atoms with Crippen LogP contribution in [0.15, 0.2) is 28.9 Å². The molecule has 5 nitrogen and oxygen atoms in total. The number of hydrogen-bond donors (Lipinski definition) is 0. The van der Waals surface area contributed by atoms with Crippen LogP contribution in [0.5, 0.6) is 0 Å². The second-order valence-electron chi connectivity index (χ2n) is 8.35. The van der Waals surface area contributed by atoms with Gasteiger partial charge in [0.1, 0.15) is 11.4 Å². The molecule has 2 aromatic heterocycles. The zero-order valence-corrected chi connectivity index (χ0v) is 16.7. The van der Waals surface area contributed by atoms with Crippen LogP contribution in [0.4, 0.5) is 0 Å². The maximum Gasteiger partial charge on any atom is 0.227 e. The predicted molar refractivity (Wildman–Crippen MR) is 108 cm³/mol. The summed E-state index contributed by atoms with van der Waals surface area (Å²) in [5.74, 6) is 1.31. The van der Waals surface area contributed by atoms with Crippen molar-refractivity contribution in [1.82, 2.24) is 14.5 Å². The molecule has 1 aliphatic heterocycles. The van der Waals surface area contributed by atoms with E-state index in [4.69, 9.17) is 9.40 Å². The number of benzene rings is 1. The van der Waals surface area contributed by atoms with E-state index < -0.39 is 0 Å². The van der Waals surface area contributed by atoms with Gasteiger partial charge in [-0.2, -0.15) is 0 Å². The van der Waals surface area contributed by atoms with E-state index in [-0.39, 0.29) is 5.91 Å². The number of hydrogen-bond acceptors (Lipinski definition) is 3. The molecule has 3 aromatic rings. The summed E-state index contributed by atoms with van der Waals surface area (Å²) in [5.41, 5.74) is 5.72. The van der Waals surface area contributed by atoms with Crippen LogP contribution in [0.1, 0.15) is 53.6 Å². The lowest BCUT2D eigenvalue weighted by Gasteiger charge is -2.21. The molecule has 1 aliphatic carbocycles. The summed E-state index contributed by atoms with van der Waals surface area (Å²) in [4.78, 5) is 19.8. The van der Waals surface area contributed by atoms with Crippen molar-refractivity contribution in [2.75, 3.05) is 13.1 Å². The number of rotatable bonds is 3. The Hall–Kier alpha value is -2.56. The van der Waals surface area contributed by atoms with E-state index in [0.29, 0.717) is 12.5 Å². The summed E-state index contributed by atoms with van der Waals surface area (Å²) < 4.78 is 8.10. The van der Waals surface area contributed by atoms with Gasteiger partial charge in [-0.1, -0.05) is 12.1 Å². The zero-order valence-electron chi connectivity index (χ0n) is 16.7. The van der Waals surface area contributed by atoms with Gasteiger partial charge >= 0.3 is 0 Å². The fourth-order valence-electron chi connectivity index (χ4n) is 4.96. The van der Waals surface area contributed by atoms with Crippen molar-refractivity contribution in [3.05, 3.63) is 52.8 Å². The lowest BCUT2D eigenvalue weighted by atomic mass is 10.0. The van der Waals surface area contributed by atoms with Gasteiger partial charge < -0.3 is 13.9 Å². The largest absolute Gasteiger partial charge is 0.464 e. The zero-order chi connectivity index (χ0) is 19.3. The Kier molecular flexibility index (Phi) is 4.26. The van der Waals surface area contributed by atoms with Crippen LogP contribution in [0.3, 0.4) is 0 Å². The van der Waals surface area contributed by atoms with Gasteiger partial charge in [-0.25, -0.2) is 4.98 Å². The Bertz CT molecular complexity index is 1050. The van der Waals surface area contributed by atoms with Gasteiger partial charge in [0.15, 0.2) is 0 Å². The molecule has 28 heavy (non-hydrogen) atoms. The summed E-state index contributed by atoms with van der Waals surface area (Å²) in [6, 6.07) is 6.52. The molecule has 0 saturated carbocycles. The first kappa shape index (κ1) is 17.5. The molecular weight excluding hydrogens is 350 g/mol. The lowest BCUT2D eigenvalue weighted by molar-refractivity contribution is -0.129. The highest BCUT2D eigenvalue weighted by Crippen LogP contribution is 2.31. The molecule has 1 saturated heterocycles. The van der Waals surface area contributed by atoms with E-state index in [1.165, 1.54) is 29.8 Å². The van der Waals surface area contributed by atoms with E-state index in [2.05, 4.69) is 23.6 Å². The number of carbonyl (C=O) groups excluding carboxylic acids is 1. The summed E-state index contributed by atoms with van der Waals surface area (Å²) in [6.45, 7) is 5.78. The highest BCUT2D eigenvalue weighted by molar-refractivity contribution is 5.88. The molecule has 3 heterocycles. The van der Waals surface area contributed by atoms with Crippen molar-refractivity contribution in [1.29, 1.82) is 0 Å². The second kappa shape index (κ2) is 6.80. The minimum atomic E-state index is 0.192. The molecule has 2 aliphatic rings. The fraction of sp³-hybridized carbons (Fsp3) is 0.478. The van der Waals surface area contributed by atoms with Crippen molar-refractivity contribution in [3.8, 4) is 0 Å². The van der Waals surface area contributed by atoms with Gasteiger partial charge in [-0.3, -0.25) is 4.79 Å². The highest BCUT2D eigenvalue weighted by Gasteiger charge is 2.31. The first-order valence-electron chi connectivity index (χ1n) is 10.4. The molecule has 1 fully saturated rings. The molecule has 0 radical (unpaired) electrons. The van der Waals surface area contributed by atoms with Crippen LogP contribution in [0.2, 0.25) is 0 Å². The van der Waals surface area contributed by atoms with Crippen molar-refractivity contribution in [3.63, 3.8) is 0 Å². The molecule has 1 atom stereocenters. The standard InChI is InChI=1S/C23H27N3O2/c1-15-7-8-19-17(14-28-22(19)11-15)12-23(27)25-10-9-18(13-25)26-16(2)24-20-5-3-4-6-21(20)26/h7-8,11,14,18H,3-6,9-10,12-13H2,1-2H3. The molecule has 5 heteroatoms. The molecule has 0 N–H and O–H groups in total. The molecule has 0 bridgehead atoms. The number of fused-ring (bicyclic) bond motifs is 2. The Balaban J connectivity index is 1.32. The molecule has 1 unspecified atom stereocenters. The van der Waals surface area contributed by atoms with Crippen LogP contribution in [-0.4, -0.2) is 33.4 Å². The summed E-state index contributed by atoms with van der Waals surface area (Å²) in [6.07, 6.45) is 7.89. The minimum Gasteiger partial charge on any atom is -0.464 e. The van der Waals surface area contributed by atoms with Crippen molar-refractivity contribution in [2.45, 2.75) is 58.4 Å². The number of carbonyl (C=O) groups is 1. The van der Waals surface area contributed by atoms with Gasteiger partial charge in [0, 0.05) is 29.7 Å². The van der Waals surface area contributed by atoms with Gasteiger partial charge in [0.25, 0.3) is 0 Å². The van der Waals surface area contributed by atoms with Crippen LogP contribution in [-0.2, 0) is 24.1 Å². The van der Waals surface area contributed by atoms with Crippen molar-refractivity contribution in [2.24, 2.45) is 0 Å². The molecule has 1 amide bonds. The van der Waals surface area contributed by atoms with Gasteiger partial charge in [-0.05, 0) is 57.6 Å². The number of aryl methyl sites for hydroxylation is 3. The third kappa shape index (κ3) is 2.93. The van der Waals surface area contributed by atoms with Crippen LogP contribution in [0.25, 0.3) is 11.0 Å². The SMILES string of the molecule is Cc1ccc2c(CC(=O)N3CCC(n4c(C)nc5c4CCCC5)C3)coc2c1. The maximum atomic E-state index is 13.0. The Morgan fingerprint density at radius 1 is 1.25 bits per heavy atom. The van der Waals surface area contributed by atoms with Gasteiger partial charge in [0.2, 0.25) is 5.91 Å². The quantitative estimate of drug-likeness (QED) is 0.689. The summed E-state index contributed by atoms with van der Waals surface area (Å²) in [5, 5.41) is 1.05. The average Bonchev–Trinajstić information content (AvgIpc) is 3.38. The Labute approximate surface area is 165 Å².